The molecule has 0 saturated carbocycles. The zero-order valence-corrected chi connectivity index (χ0v) is 11.1. The van der Waals surface area contributed by atoms with Crippen LogP contribution in [0.25, 0.3) is 5.69 Å². The Morgan fingerprint density at radius 1 is 1.29 bits per heavy atom. The number of halogens is 2. The SMILES string of the molecule is CCc1[nH]n(-c2ccc(Cl)c(Cl)c2)c(=O)c1C. The van der Waals surface area contributed by atoms with Crippen molar-refractivity contribution in [3.63, 3.8) is 0 Å². The third-order valence-electron chi connectivity index (χ3n) is 2.74. The first kappa shape index (κ1) is 12.3. The molecule has 3 nitrogen and oxygen atoms in total. The molecule has 17 heavy (non-hydrogen) atoms. The van der Waals surface area contributed by atoms with Crippen LogP contribution in [-0.4, -0.2) is 9.78 Å². The van der Waals surface area contributed by atoms with Gasteiger partial charge in [0.2, 0.25) is 0 Å². The van der Waals surface area contributed by atoms with E-state index >= 15 is 0 Å². The molecule has 0 radical (unpaired) electrons. The minimum Gasteiger partial charge on any atom is -0.295 e. The average Bonchev–Trinajstić information content (AvgIpc) is 2.60. The average molecular weight is 271 g/mol. The van der Waals surface area contributed by atoms with Crippen LogP contribution in [0, 0.1) is 6.92 Å². The van der Waals surface area contributed by atoms with Crippen LogP contribution < -0.4 is 5.56 Å². The van der Waals surface area contributed by atoms with E-state index in [9.17, 15) is 4.79 Å². The summed E-state index contributed by atoms with van der Waals surface area (Å²) < 4.78 is 1.48. The van der Waals surface area contributed by atoms with Gasteiger partial charge < -0.3 is 0 Å². The van der Waals surface area contributed by atoms with Gasteiger partial charge in [0.05, 0.1) is 15.7 Å². The lowest BCUT2D eigenvalue weighted by Crippen LogP contribution is -2.15. The summed E-state index contributed by atoms with van der Waals surface area (Å²) in [6, 6.07) is 5.10. The monoisotopic (exact) mass is 270 g/mol. The maximum Gasteiger partial charge on any atom is 0.274 e. The lowest BCUT2D eigenvalue weighted by molar-refractivity contribution is 0.819. The van der Waals surface area contributed by atoms with Crippen LogP contribution >= 0.6 is 23.2 Å². The fourth-order valence-corrected chi connectivity index (χ4v) is 2.01. The molecule has 0 atom stereocenters. The van der Waals surface area contributed by atoms with Crippen molar-refractivity contribution in [2.75, 3.05) is 0 Å². The largest absolute Gasteiger partial charge is 0.295 e. The van der Waals surface area contributed by atoms with Crippen LogP contribution in [0.15, 0.2) is 23.0 Å². The maximum absolute atomic E-state index is 12.0. The van der Waals surface area contributed by atoms with Crippen LogP contribution in [0.1, 0.15) is 18.2 Å². The Morgan fingerprint density at radius 3 is 2.53 bits per heavy atom. The molecule has 0 aliphatic carbocycles. The van der Waals surface area contributed by atoms with E-state index in [-0.39, 0.29) is 5.56 Å². The van der Waals surface area contributed by atoms with E-state index in [0.717, 1.165) is 17.7 Å². The molecule has 90 valence electrons. The van der Waals surface area contributed by atoms with E-state index in [2.05, 4.69) is 5.10 Å². The van der Waals surface area contributed by atoms with Gasteiger partial charge >= 0.3 is 0 Å². The molecule has 2 rings (SSSR count). The third-order valence-corrected chi connectivity index (χ3v) is 3.48. The molecule has 5 heteroatoms. The summed E-state index contributed by atoms with van der Waals surface area (Å²) in [4.78, 5) is 12.0. The lowest BCUT2D eigenvalue weighted by atomic mass is 10.2. The number of hydrogen-bond acceptors (Lipinski definition) is 1. The number of aromatic nitrogens is 2. The quantitative estimate of drug-likeness (QED) is 0.893. The van der Waals surface area contributed by atoms with E-state index in [4.69, 9.17) is 23.2 Å². The standard InChI is InChI=1S/C12H12Cl2N2O/c1-3-11-7(2)12(17)16(15-11)8-4-5-9(13)10(14)6-8/h4-6,15H,3H2,1-2H3. The predicted molar refractivity (Wildman–Crippen MR) is 70.5 cm³/mol. The van der Waals surface area contributed by atoms with Crippen LogP contribution in [0.3, 0.4) is 0 Å². The second-order valence-corrected chi connectivity index (χ2v) is 4.62. The van der Waals surface area contributed by atoms with Gasteiger partial charge in [-0.1, -0.05) is 30.1 Å². The molecule has 0 saturated heterocycles. The summed E-state index contributed by atoms with van der Waals surface area (Å²) in [6.07, 6.45) is 0.787. The normalized spacial score (nSPS) is 10.8. The number of nitrogens with zero attached hydrogens (tertiary/aromatic N) is 1. The number of aromatic amines is 1. The van der Waals surface area contributed by atoms with E-state index in [1.807, 2.05) is 13.8 Å². The van der Waals surface area contributed by atoms with Gasteiger partial charge in [-0.05, 0) is 31.5 Å². The molecular weight excluding hydrogens is 259 g/mol. The van der Waals surface area contributed by atoms with Gasteiger partial charge in [0.1, 0.15) is 0 Å². The number of rotatable bonds is 2. The number of benzene rings is 1. The van der Waals surface area contributed by atoms with Crippen LogP contribution in [0.4, 0.5) is 0 Å². The lowest BCUT2D eigenvalue weighted by Gasteiger charge is -2.03. The highest BCUT2D eigenvalue weighted by Gasteiger charge is 2.10. The Balaban J connectivity index is 2.61. The molecule has 0 bridgehead atoms. The topological polar surface area (TPSA) is 37.8 Å². The fourth-order valence-electron chi connectivity index (χ4n) is 1.72. The summed E-state index contributed by atoms with van der Waals surface area (Å²) in [7, 11) is 0. The number of nitrogens with one attached hydrogen (secondary N) is 1. The van der Waals surface area contributed by atoms with E-state index in [1.165, 1.54) is 4.68 Å². The van der Waals surface area contributed by atoms with Crippen molar-refractivity contribution in [2.24, 2.45) is 0 Å². The molecule has 1 aromatic carbocycles. The number of H-pyrrole nitrogens is 1. The third kappa shape index (κ3) is 2.13. The van der Waals surface area contributed by atoms with Gasteiger partial charge in [0.25, 0.3) is 5.56 Å². The second-order valence-electron chi connectivity index (χ2n) is 3.81. The predicted octanol–water partition coefficient (Wildman–Crippen LogP) is 3.34. The zero-order chi connectivity index (χ0) is 12.6. The first-order valence-electron chi connectivity index (χ1n) is 5.30. The molecule has 1 N–H and O–H groups in total. The molecule has 0 aliphatic rings. The molecule has 0 unspecified atom stereocenters. The van der Waals surface area contributed by atoms with Crippen LogP contribution in [-0.2, 0) is 6.42 Å². The first-order chi connectivity index (χ1) is 8.04. The van der Waals surface area contributed by atoms with Crippen LogP contribution in [0.2, 0.25) is 10.0 Å². The highest BCUT2D eigenvalue weighted by Crippen LogP contribution is 2.23. The van der Waals surface area contributed by atoms with Crippen molar-refractivity contribution in [3.8, 4) is 5.69 Å². The highest BCUT2D eigenvalue weighted by molar-refractivity contribution is 6.42. The summed E-state index contributed by atoms with van der Waals surface area (Å²) in [5.74, 6) is 0. The summed E-state index contributed by atoms with van der Waals surface area (Å²) in [5.41, 5.74) is 2.30. The van der Waals surface area contributed by atoms with Crippen molar-refractivity contribution in [1.82, 2.24) is 9.78 Å². The Labute approximate surface area is 109 Å². The number of aryl methyl sites for hydroxylation is 1. The molecule has 0 fully saturated rings. The minimum atomic E-state index is -0.0553. The van der Waals surface area contributed by atoms with E-state index < -0.39 is 0 Å². The second kappa shape index (κ2) is 4.59. The van der Waals surface area contributed by atoms with Crippen molar-refractivity contribution in [1.29, 1.82) is 0 Å². The molecule has 0 spiro atoms. The van der Waals surface area contributed by atoms with Crippen molar-refractivity contribution in [3.05, 3.63) is 49.9 Å². The van der Waals surface area contributed by atoms with Gasteiger partial charge in [-0.3, -0.25) is 9.89 Å². The summed E-state index contributed by atoms with van der Waals surface area (Å²) in [5, 5.41) is 3.97. The van der Waals surface area contributed by atoms with Crippen LogP contribution in [0.5, 0.6) is 0 Å². The summed E-state index contributed by atoms with van der Waals surface area (Å²) >= 11 is 11.8. The summed E-state index contributed by atoms with van der Waals surface area (Å²) in [6.45, 7) is 3.81. The Bertz CT molecular complexity index is 613. The van der Waals surface area contributed by atoms with Gasteiger partial charge in [0, 0.05) is 11.3 Å². The Kier molecular flexibility index (Phi) is 3.31. The van der Waals surface area contributed by atoms with Gasteiger partial charge in [-0.25, -0.2) is 4.68 Å². The molecule has 0 amide bonds. The van der Waals surface area contributed by atoms with Crippen molar-refractivity contribution >= 4 is 23.2 Å². The first-order valence-corrected chi connectivity index (χ1v) is 6.06. The van der Waals surface area contributed by atoms with Gasteiger partial charge in [0.15, 0.2) is 0 Å². The van der Waals surface area contributed by atoms with Crippen molar-refractivity contribution in [2.45, 2.75) is 20.3 Å². The molecule has 1 heterocycles. The zero-order valence-electron chi connectivity index (χ0n) is 9.55. The van der Waals surface area contributed by atoms with E-state index in [1.54, 1.807) is 18.2 Å². The Hall–Kier alpha value is -1.19. The highest BCUT2D eigenvalue weighted by atomic mass is 35.5. The molecular formula is C12H12Cl2N2O. The van der Waals surface area contributed by atoms with Gasteiger partial charge in [-0.15, -0.1) is 0 Å². The molecule has 1 aromatic heterocycles. The smallest absolute Gasteiger partial charge is 0.274 e. The molecule has 2 aromatic rings. The van der Waals surface area contributed by atoms with Crippen molar-refractivity contribution < 1.29 is 0 Å². The van der Waals surface area contributed by atoms with Gasteiger partial charge in [-0.2, -0.15) is 0 Å². The number of hydrogen-bond donors (Lipinski definition) is 1. The fraction of sp³-hybridized carbons (Fsp3) is 0.250. The Morgan fingerprint density at radius 2 is 2.00 bits per heavy atom. The maximum atomic E-state index is 12.0. The minimum absolute atomic E-state index is 0.0553. The molecule has 0 aliphatic heterocycles. The van der Waals surface area contributed by atoms with E-state index in [0.29, 0.717) is 15.7 Å².